The zero-order chi connectivity index (χ0) is 13.0. The van der Waals surface area contributed by atoms with Crippen LogP contribution in [0.1, 0.15) is 46.7 Å². The minimum absolute atomic E-state index is 0.0415. The van der Waals surface area contributed by atoms with Crippen LogP contribution in [0.25, 0.3) is 0 Å². The lowest BCUT2D eigenvalue weighted by molar-refractivity contribution is -0.123. The number of fused-ring (bicyclic) bond motifs is 2. The van der Waals surface area contributed by atoms with Gasteiger partial charge in [0.25, 0.3) is 0 Å². The Morgan fingerprint density at radius 1 is 1.00 bits per heavy atom. The van der Waals surface area contributed by atoms with Gasteiger partial charge < -0.3 is 5.32 Å². The Bertz CT molecular complexity index is 689. The highest BCUT2D eigenvalue weighted by Gasteiger charge is 2.35. The van der Waals surface area contributed by atoms with Gasteiger partial charge in [-0.3, -0.25) is 4.79 Å². The first-order chi connectivity index (χ1) is 9.25. The first kappa shape index (κ1) is 10.8. The summed E-state index contributed by atoms with van der Waals surface area (Å²) in [4.78, 5) is 12.2. The van der Waals surface area contributed by atoms with Crippen molar-refractivity contribution < 1.29 is 4.79 Å². The van der Waals surface area contributed by atoms with Gasteiger partial charge in [0.1, 0.15) is 0 Å². The highest BCUT2D eigenvalue weighted by molar-refractivity contribution is 5.87. The molecule has 1 aliphatic heterocycles. The summed E-state index contributed by atoms with van der Waals surface area (Å²) in [5.74, 6) is 0.0859. The Hall–Kier alpha value is -2.09. The second-order valence-corrected chi connectivity index (χ2v) is 5.46. The first-order valence-corrected chi connectivity index (χ1v) is 6.75. The van der Waals surface area contributed by atoms with Gasteiger partial charge in [0.15, 0.2) is 0 Å². The van der Waals surface area contributed by atoms with E-state index in [-0.39, 0.29) is 17.9 Å². The van der Waals surface area contributed by atoms with E-state index in [9.17, 15) is 4.79 Å². The maximum Gasteiger partial charge on any atom is 0.228 e. The summed E-state index contributed by atoms with van der Waals surface area (Å²) < 4.78 is 0. The zero-order valence-corrected chi connectivity index (χ0v) is 10.8. The molecule has 2 atom stereocenters. The molecule has 1 N–H and O–H groups in total. The predicted octanol–water partition coefficient (Wildman–Crippen LogP) is 2.91. The molecule has 0 spiro atoms. The van der Waals surface area contributed by atoms with E-state index < -0.39 is 0 Å². The molecule has 1 amide bonds. The van der Waals surface area contributed by atoms with Crippen molar-refractivity contribution in [2.24, 2.45) is 0 Å². The Morgan fingerprint density at radius 3 is 2.63 bits per heavy atom. The smallest absolute Gasteiger partial charge is 0.228 e. The van der Waals surface area contributed by atoms with Gasteiger partial charge in [0.05, 0.1) is 12.0 Å². The molecule has 2 unspecified atom stereocenters. The van der Waals surface area contributed by atoms with Crippen molar-refractivity contribution in [3.63, 3.8) is 0 Å². The number of benzene rings is 2. The third-order valence-corrected chi connectivity index (χ3v) is 4.41. The molecular weight excluding hydrogens is 234 g/mol. The molecule has 0 radical (unpaired) electrons. The molecule has 2 aromatic carbocycles. The number of rotatable bonds is 0. The molecular formula is C17H15NO. The van der Waals surface area contributed by atoms with Crippen molar-refractivity contribution in [1.82, 2.24) is 5.32 Å². The number of amides is 1. The van der Waals surface area contributed by atoms with Crippen molar-refractivity contribution in [3.05, 3.63) is 70.3 Å². The van der Waals surface area contributed by atoms with E-state index in [0.717, 1.165) is 6.42 Å². The molecule has 0 bridgehead atoms. The predicted molar refractivity (Wildman–Crippen MR) is 74.1 cm³/mol. The minimum Gasteiger partial charge on any atom is -0.345 e. The van der Waals surface area contributed by atoms with E-state index in [1.165, 1.54) is 27.8 Å². The highest BCUT2D eigenvalue weighted by atomic mass is 16.2. The fourth-order valence-electron chi connectivity index (χ4n) is 3.41. The summed E-state index contributed by atoms with van der Waals surface area (Å²) in [6.07, 6.45) is 0.971. The van der Waals surface area contributed by atoms with Gasteiger partial charge in [-0.15, -0.1) is 0 Å². The second-order valence-electron chi connectivity index (χ2n) is 5.46. The van der Waals surface area contributed by atoms with Crippen LogP contribution in [0.5, 0.6) is 0 Å². The molecule has 0 fully saturated rings. The van der Waals surface area contributed by atoms with Crippen LogP contribution in [0.15, 0.2) is 42.5 Å². The van der Waals surface area contributed by atoms with Crippen LogP contribution < -0.4 is 5.32 Å². The summed E-state index contributed by atoms with van der Waals surface area (Å²) in [6, 6.07) is 14.8. The maximum atomic E-state index is 12.2. The SMILES string of the molecule is CC1C(=O)NC2c3ccccc3Cc3cccc1c32. The summed E-state index contributed by atoms with van der Waals surface area (Å²) in [5, 5.41) is 3.18. The van der Waals surface area contributed by atoms with Crippen LogP contribution in [-0.2, 0) is 11.2 Å². The van der Waals surface area contributed by atoms with Gasteiger partial charge >= 0.3 is 0 Å². The Labute approximate surface area is 112 Å². The summed E-state index contributed by atoms with van der Waals surface area (Å²) >= 11 is 0. The van der Waals surface area contributed by atoms with E-state index in [0.29, 0.717) is 0 Å². The summed E-state index contributed by atoms with van der Waals surface area (Å²) in [7, 11) is 0. The number of carbonyl (C=O) groups is 1. The van der Waals surface area contributed by atoms with Crippen LogP contribution in [0.2, 0.25) is 0 Å². The fraction of sp³-hybridized carbons (Fsp3) is 0.235. The fourth-order valence-corrected chi connectivity index (χ4v) is 3.41. The molecule has 94 valence electrons. The van der Waals surface area contributed by atoms with Gasteiger partial charge in [-0.05, 0) is 41.2 Å². The number of hydrogen-bond acceptors (Lipinski definition) is 1. The van der Waals surface area contributed by atoms with Gasteiger partial charge in [-0.25, -0.2) is 0 Å². The van der Waals surface area contributed by atoms with Crippen LogP contribution in [0.4, 0.5) is 0 Å². The van der Waals surface area contributed by atoms with E-state index in [1.807, 2.05) is 6.92 Å². The largest absolute Gasteiger partial charge is 0.345 e. The zero-order valence-electron chi connectivity index (χ0n) is 10.8. The van der Waals surface area contributed by atoms with Crippen LogP contribution in [0.3, 0.4) is 0 Å². The molecule has 2 heteroatoms. The molecule has 19 heavy (non-hydrogen) atoms. The average Bonchev–Trinajstić information content (AvgIpc) is 2.44. The van der Waals surface area contributed by atoms with Gasteiger partial charge in [-0.1, -0.05) is 42.5 Å². The lowest BCUT2D eigenvalue weighted by atomic mass is 9.75. The molecule has 2 aliphatic rings. The van der Waals surface area contributed by atoms with Crippen LogP contribution in [-0.4, -0.2) is 5.91 Å². The molecule has 1 aliphatic carbocycles. The summed E-state index contributed by atoms with van der Waals surface area (Å²) in [5.41, 5.74) is 6.46. The molecule has 0 aromatic heterocycles. The lowest BCUT2D eigenvalue weighted by Gasteiger charge is -2.36. The highest BCUT2D eigenvalue weighted by Crippen LogP contribution is 2.41. The van der Waals surface area contributed by atoms with Crippen molar-refractivity contribution in [1.29, 1.82) is 0 Å². The van der Waals surface area contributed by atoms with Gasteiger partial charge in [0, 0.05) is 0 Å². The molecule has 2 nitrogen and oxygen atoms in total. The Kier molecular flexibility index (Phi) is 2.10. The molecule has 0 saturated carbocycles. The molecule has 4 rings (SSSR count). The second kappa shape index (κ2) is 3.70. The lowest BCUT2D eigenvalue weighted by Crippen LogP contribution is -2.40. The Morgan fingerprint density at radius 2 is 1.74 bits per heavy atom. The van der Waals surface area contributed by atoms with Crippen LogP contribution in [0, 0.1) is 0 Å². The monoisotopic (exact) mass is 249 g/mol. The quantitative estimate of drug-likeness (QED) is 0.764. The van der Waals surface area contributed by atoms with E-state index >= 15 is 0 Å². The van der Waals surface area contributed by atoms with E-state index in [2.05, 4.69) is 47.8 Å². The minimum atomic E-state index is -0.0449. The maximum absolute atomic E-state index is 12.2. The molecule has 0 saturated heterocycles. The third kappa shape index (κ3) is 1.40. The number of hydrogen-bond donors (Lipinski definition) is 1. The first-order valence-electron chi connectivity index (χ1n) is 6.75. The number of carbonyl (C=O) groups excluding carboxylic acids is 1. The van der Waals surface area contributed by atoms with Gasteiger partial charge in [0.2, 0.25) is 5.91 Å². The number of nitrogens with one attached hydrogen (secondary N) is 1. The van der Waals surface area contributed by atoms with Crippen LogP contribution >= 0.6 is 0 Å². The molecule has 1 heterocycles. The average molecular weight is 249 g/mol. The summed E-state index contributed by atoms with van der Waals surface area (Å²) in [6.45, 7) is 1.99. The van der Waals surface area contributed by atoms with Crippen molar-refractivity contribution in [2.75, 3.05) is 0 Å². The van der Waals surface area contributed by atoms with E-state index in [4.69, 9.17) is 0 Å². The Balaban J connectivity index is 2.01. The van der Waals surface area contributed by atoms with Gasteiger partial charge in [-0.2, -0.15) is 0 Å². The normalized spacial score (nSPS) is 23.3. The van der Waals surface area contributed by atoms with E-state index in [1.54, 1.807) is 0 Å². The topological polar surface area (TPSA) is 29.1 Å². The molecule has 2 aromatic rings. The third-order valence-electron chi connectivity index (χ3n) is 4.41. The van der Waals surface area contributed by atoms with Crippen molar-refractivity contribution >= 4 is 5.91 Å². The van der Waals surface area contributed by atoms with Crippen molar-refractivity contribution in [2.45, 2.75) is 25.3 Å². The standard InChI is InChI=1S/C17H15NO/c1-10-13-8-4-6-12-9-11-5-2-3-7-14(11)16(15(12)13)18-17(10)19/h2-8,10,16H,9H2,1H3,(H,18,19). The van der Waals surface area contributed by atoms with Crippen molar-refractivity contribution in [3.8, 4) is 0 Å².